The predicted molar refractivity (Wildman–Crippen MR) is 104 cm³/mol. The minimum Gasteiger partial charge on any atom is -0.351 e. The number of carbonyl (C=O) groups is 2. The number of sulfonamides is 1. The van der Waals surface area contributed by atoms with Crippen LogP contribution in [0.4, 0.5) is 16.2 Å². The molecule has 0 aliphatic carbocycles. The Hall–Kier alpha value is -2.91. The number of benzene rings is 2. The van der Waals surface area contributed by atoms with Gasteiger partial charge in [0, 0.05) is 31.0 Å². The fraction of sp³-hybridized carbons (Fsp3) is 0.222. The Bertz CT molecular complexity index is 1000. The van der Waals surface area contributed by atoms with Crippen molar-refractivity contribution < 1.29 is 18.0 Å². The smallest absolute Gasteiger partial charge is 0.316 e. The zero-order valence-corrected chi connectivity index (χ0v) is 16.3. The number of hydrogen-bond acceptors (Lipinski definition) is 4. The summed E-state index contributed by atoms with van der Waals surface area (Å²) in [6.07, 6.45) is 0. The summed E-state index contributed by atoms with van der Waals surface area (Å²) in [5.74, 6) is -0.468. The Morgan fingerprint density at radius 3 is 2.15 bits per heavy atom. The van der Waals surface area contributed by atoms with Gasteiger partial charge in [0.05, 0.1) is 4.90 Å². The first-order chi connectivity index (χ1) is 12.5. The van der Waals surface area contributed by atoms with Crippen LogP contribution in [0.1, 0.15) is 21.5 Å². The second-order valence-corrected chi connectivity index (χ2v) is 8.35. The molecule has 9 heteroatoms. The number of urea groups is 1. The van der Waals surface area contributed by atoms with Crippen LogP contribution in [0, 0.1) is 13.8 Å². The summed E-state index contributed by atoms with van der Waals surface area (Å²) in [6, 6.07) is 8.72. The molecule has 0 aliphatic rings. The van der Waals surface area contributed by atoms with Gasteiger partial charge in [0.25, 0.3) is 5.91 Å². The molecule has 4 N–H and O–H groups in total. The van der Waals surface area contributed by atoms with Crippen molar-refractivity contribution in [2.75, 3.05) is 24.7 Å². The Morgan fingerprint density at radius 2 is 1.59 bits per heavy atom. The van der Waals surface area contributed by atoms with E-state index >= 15 is 0 Å². The summed E-state index contributed by atoms with van der Waals surface area (Å²) in [6.45, 7) is 3.45. The van der Waals surface area contributed by atoms with Crippen LogP contribution < -0.4 is 16.4 Å². The third-order valence-corrected chi connectivity index (χ3v) is 5.97. The molecule has 0 aliphatic heterocycles. The summed E-state index contributed by atoms with van der Waals surface area (Å²) in [7, 11) is -0.810. The first-order valence-corrected chi connectivity index (χ1v) is 9.48. The van der Waals surface area contributed by atoms with Crippen LogP contribution in [0.2, 0.25) is 0 Å². The average molecular weight is 390 g/mol. The van der Waals surface area contributed by atoms with Gasteiger partial charge in [-0.1, -0.05) is 6.07 Å². The van der Waals surface area contributed by atoms with Gasteiger partial charge in [-0.3, -0.25) is 4.79 Å². The SMILES string of the molecule is Cc1cc(C(=O)Nc2cccc(NC(N)=O)c2)cc(S(=O)(=O)N(C)C)c1C. The maximum absolute atomic E-state index is 12.6. The topological polar surface area (TPSA) is 122 Å². The highest BCUT2D eigenvalue weighted by atomic mass is 32.2. The Labute approximate surface area is 158 Å². The molecule has 0 heterocycles. The van der Waals surface area contributed by atoms with E-state index in [1.807, 2.05) is 0 Å². The first kappa shape index (κ1) is 20.4. The molecule has 8 nitrogen and oxygen atoms in total. The molecule has 0 atom stereocenters. The summed E-state index contributed by atoms with van der Waals surface area (Å²) < 4.78 is 26.2. The first-order valence-electron chi connectivity index (χ1n) is 8.04. The zero-order valence-electron chi connectivity index (χ0n) is 15.5. The van der Waals surface area contributed by atoms with Crippen molar-refractivity contribution in [2.45, 2.75) is 18.7 Å². The van der Waals surface area contributed by atoms with E-state index in [1.165, 1.54) is 20.2 Å². The number of nitrogens with two attached hydrogens (primary N) is 1. The number of carbonyl (C=O) groups excluding carboxylic acids is 2. The van der Waals surface area contributed by atoms with Gasteiger partial charge < -0.3 is 16.4 Å². The summed E-state index contributed by atoms with van der Waals surface area (Å²) in [5.41, 5.74) is 7.43. The molecular weight excluding hydrogens is 368 g/mol. The van der Waals surface area contributed by atoms with Crippen LogP contribution in [-0.2, 0) is 10.0 Å². The third kappa shape index (κ3) is 4.63. The molecule has 2 rings (SSSR count). The minimum atomic E-state index is -3.69. The lowest BCUT2D eigenvalue weighted by Crippen LogP contribution is -2.24. The van der Waals surface area contributed by atoms with E-state index in [1.54, 1.807) is 44.2 Å². The molecule has 0 saturated heterocycles. The van der Waals surface area contributed by atoms with E-state index < -0.39 is 22.0 Å². The molecule has 0 fully saturated rings. The number of aryl methyl sites for hydroxylation is 1. The van der Waals surface area contributed by atoms with Crippen molar-refractivity contribution in [3.63, 3.8) is 0 Å². The zero-order chi connectivity index (χ0) is 20.4. The van der Waals surface area contributed by atoms with Crippen LogP contribution in [0.3, 0.4) is 0 Å². The lowest BCUT2D eigenvalue weighted by Gasteiger charge is -2.16. The standard InChI is InChI=1S/C18H22N4O4S/c1-11-8-13(9-16(12(11)2)27(25,26)22(3)4)17(23)20-14-6-5-7-15(10-14)21-18(19)24/h5-10H,1-4H3,(H,20,23)(H3,19,21,24). The van der Waals surface area contributed by atoms with E-state index in [0.717, 1.165) is 4.31 Å². The van der Waals surface area contributed by atoms with Crippen LogP contribution in [0.25, 0.3) is 0 Å². The number of anilines is 2. The van der Waals surface area contributed by atoms with E-state index in [2.05, 4.69) is 10.6 Å². The normalized spacial score (nSPS) is 11.3. The van der Waals surface area contributed by atoms with Gasteiger partial charge >= 0.3 is 6.03 Å². The lowest BCUT2D eigenvalue weighted by atomic mass is 10.1. The molecule has 2 aromatic carbocycles. The molecule has 0 spiro atoms. The number of rotatable bonds is 5. The van der Waals surface area contributed by atoms with Crippen molar-refractivity contribution in [1.29, 1.82) is 0 Å². The molecule has 0 bridgehead atoms. The summed E-state index contributed by atoms with van der Waals surface area (Å²) >= 11 is 0. The quantitative estimate of drug-likeness (QED) is 0.725. The molecule has 0 saturated carbocycles. The molecule has 144 valence electrons. The van der Waals surface area contributed by atoms with E-state index in [0.29, 0.717) is 22.5 Å². The largest absolute Gasteiger partial charge is 0.351 e. The van der Waals surface area contributed by atoms with Gasteiger partial charge in [0.15, 0.2) is 0 Å². The van der Waals surface area contributed by atoms with Gasteiger partial charge in [-0.05, 0) is 55.3 Å². The van der Waals surface area contributed by atoms with Crippen molar-refractivity contribution in [3.8, 4) is 0 Å². The third-order valence-electron chi connectivity index (χ3n) is 4.03. The molecule has 27 heavy (non-hydrogen) atoms. The molecule has 0 unspecified atom stereocenters. The maximum atomic E-state index is 12.6. The molecule has 2 aromatic rings. The van der Waals surface area contributed by atoms with Gasteiger partial charge in [-0.2, -0.15) is 0 Å². The second kappa shape index (κ2) is 7.77. The molecule has 0 radical (unpaired) electrons. The Kier molecular flexibility index (Phi) is 5.87. The fourth-order valence-corrected chi connectivity index (χ4v) is 3.66. The van der Waals surface area contributed by atoms with Gasteiger partial charge in [-0.15, -0.1) is 0 Å². The number of amides is 3. The Morgan fingerprint density at radius 1 is 1.00 bits per heavy atom. The van der Waals surface area contributed by atoms with Crippen LogP contribution in [0.5, 0.6) is 0 Å². The number of nitrogens with zero attached hydrogens (tertiary/aromatic N) is 1. The van der Waals surface area contributed by atoms with Crippen molar-refractivity contribution in [2.24, 2.45) is 5.73 Å². The van der Waals surface area contributed by atoms with Crippen molar-refractivity contribution in [3.05, 3.63) is 53.1 Å². The van der Waals surface area contributed by atoms with Crippen molar-refractivity contribution in [1.82, 2.24) is 4.31 Å². The summed E-state index contributed by atoms with van der Waals surface area (Å²) in [5, 5.41) is 5.11. The highest BCUT2D eigenvalue weighted by Crippen LogP contribution is 2.24. The lowest BCUT2D eigenvalue weighted by molar-refractivity contribution is 0.102. The van der Waals surface area contributed by atoms with Gasteiger partial charge in [0.1, 0.15) is 0 Å². The van der Waals surface area contributed by atoms with Gasteiger partial charge in [0.2, 0.25) is 10.0 Å². The van der Waals surface area contributed by atoms with Crippen LogP contribution >= 0.6 is 0 Å². The van der Waals surface area contributed by atoms with E-state index in [9.17, 15) is 18.0 Å². The van der Waals surface area contributed by atoms with E-state index in [4.69, 9.17) is 5.73 Å². The number of nitrogens with one attached hydrogen (secondary N) is 2. The van der Waals surface area contributed by atoms with Crippen molar-refractivity contribution >= 4 is 33.3 Å². The molecule has 0 aromatic heterocycles. The Balaban J connectivity index is 2.38. The predicted octanol–water partition coefficient (Wildman–Crippen LogP) is 2.30. The fourth-order valence-electron chi connectivity index (χ4n) is 2.44. The highest BCUT2D eigenvalue weighted by Gasteiger charge is 2.23. The minimum absolute atomic E-state index is 0.0850. The second-order valence-electron chi connectivity index (χ2n) is 6.23. The van der Waals surface area contributed by atoms with Crippen LogP contribution in [-0.4, -0.2) is 38.8 Å². The average Bonchev–Trinajstić information content (AvgIpc) is 2.56. The molecule has 3 amide bonds. The van der Waals surface area contributed by atoms with Gasteiger partial charge in [-0.25, -0.2) is 17.5 Å². The maximum Gasteiger partial charge on any atom is 0.316 e. The van der Waals surface area contributed by atoms with Crippen LogP contribution in [0.15, 0.2) is 41.3 Å². The molecular formula is C18H22N4O4S. The van der Waals surface area contributed by atoms with E-state index in [-0.39, 0.29) is 10.5 Å². The number of primary amides is 1. The monoisotopic (exact) mass is 390 g/mol. The number of hydrogen-bond donors (Lipinski definition) is 3. The highest BCUT2D eigenvalue weighted by molar-refractivity contribution is 7.89. The summed E-state index contributed by atoms with van der Waals surface area (Å²) in [4.78, 5) is 23.7.